The summed E-state index contributed by atoms with van der Waals surface area (Å²) in [5, 5.41) is 2.02. The lowest BCUT2D eigenvalue weighted by atomic mass is 10.2. The molecule has 0 aliphatic heterocycles. The fourth-order valence-electron chi connectivity index (χ4n) is 1.28. The standard InChI is InChI=1S/C11H18N2O3S2/c1-8(2)18(15,16)6-4-10(14)9-7-17-11(13-9)3-5-12/h7-8H,3-6,12H2,1-2H3. The van der Waals surface area contributed by atoms with Gasteiger partial charge in [-0.2, -0.15) is 0 Å². The summed E-state index contributed by atoms with van der Waals surface area (Å²) >= 11 is 1.38. The molecule has 0 spiro atoms. The first-order chi connectivity index (χ1) is 8.36. The zero-order chi connectivity index (χ0) is 13.8. The lowest BCUT2D eigenvalue weighted by molar-refractivity contribution is 0.0984. The third-order valence-electron chi connectivity index (χ3n) is 2.53. The summed E-state index contributed by atoms with van der Waals surface area (Å²) < 4.78 is 23.2. The minimum absolute atomic E-state index is 0.00763. The number of nitrogens with zero attached hydrogens (tertiary/aromatic N) is 1. The first kappa shape index (κ1) is 15.3. The van der Waals surface area contributed by atoms with Gasteiger partial charge in [0.25, 0.3) is 0 Å². The summed E-state index contributed by atoms with van der Waals surface area (Å²) in [6.07, 6.45) is 0.633. The topological polar surface area (TPSA) is 90.1 Å². The Kier molecular flexibility index (Phi) is 5.43. The predicted octanol–water partition coefficient (Wildman–Crippen LogP) is 1.04. The maximum atomic E-state index is 11.8. The van der Waals surface area contributed by atoms with Crippen LogP contribution in [-0.2, 0) is 16.3 Å². The predicted molar refractivity (Wildman–Crippen MR) is 72.7 cm³/mol. The third kappa shape index (κ3) is 4.15. The maximum absolute atomic E-state index is 11.8. The first-order valence-corrected chi connectivity index (χ1v) is 8.35. The van der Waals surface area contributed by atoms with Crippen LogP contribution in [0.5, 0.6) is 0 Å². The molecule has 0 atom stereocenters. The number of thiazole rings is 1. The van der Waals surface area contributed by atoms with Crippen LogP contribution in [0.1, 0.15) is 35.8 Å². The lowest BCUT2D eigenvalue weighted by Crippen LogP contribution is -2.20. The molecule has 0 fully saturated rings. The number of sulfone groups is 1. The van der Waals surface area contributed by atoms with Crippen LogP contribution in [0.25, 0.3) is 0 Å². The van der Waals surface area contributed by atoms with Crippen LogP contribution in [0.15, 0.2) is 5.38 Å². The number of nitrogens with two attached hydrogens (primary N) is 1. The van der Waals surface area contributed by atoms with Crippen molar-refractivity contribution in [2.24, 2.45) is 5.73 Å². The van der Waals surface area contributed by atoms with Gasteiger partial charge in [0.05, 0.1) is 16.0 Å². The van der Waals surface area contributed by atoms with Gasteiger partial charge < -0.3 is 5.73 Å². The van der Waals surface area contributed by atoms with E-state index in [-0.39, 0.29) is 18.0 Å². The van der Waals surface area contributed by atoms with Gasteiger partial charge in [-0.3, -0.25) is 4.79 Å². The van der Waals surface area contributed by atoms with Crippen LogP contribution in [0.3, 0.4) is 0 Å². The number of carbonyl (C=O) groups excluding carboxylic acids is 1. The Bertz CT molecular complexity index is 506. The van der Waals surface area contributed by atoms with Crippen LogP contribution in [0.4, 0.5) is 0 Å². The van der Waals surface area contributed by atoms with Gasteiger partial charge in [-0.05, 0) is 20.4 Å². The molecular weight excluding hydrogens is 272 g/mol. The van der Waals surface area contributed by atoms with E-state index in [0.717, 1.165) is 5.01 Å². The van der Waals surface area contributed by atoms with Crippen molar-refractivity contribution >= 4 is 27.0 Å². The largest absolute Gasteiger partial charge is 0.330 e. The second-order valence-electron chi connectivity index (χ2n) is 4.25. The normalized spacial score (nSPS) is 12.0. The van der Waals surface area contributed by atoms with E-state index >= 15 is 0 Å². The van der Waals surface area contributed by atoms with Crippen molar-refractivity contribution in [3.63, 3.8) is 0 Å². The molecule has 18 heavy (non-hydrogen) atoms. The molecule has 0 amide bonds. The molecule has 1 aromatic rings. The highest BCUT2D eigenvalue weighted by Crippen LogP contribution is 2.13. The average molecular weight is 290 g/mol. The van der Waals surface area contributed by atoms with Gasteiger partial charge in [0, 0.05) is 18.2 Å². The summed E-state index contributed by atoms with van der Waals surface area (Å²) in [5.41, 5.74) is 5.75. The third-order valence-corrected chi connectivity index (χ3v) is 5.65. The minimum atomic E-state index is -3.17. The second-order valence-corrected chi connectivity index (χ2v) is 7.87. The van der Waals surface area contributed by atoms with E-state index < -0.39 is 15.1 Å². The molecular formula is C11H18N2O3S2. The van der Waals surface area contributed by atoms with Gasteiger partial charge in [0.1, 0.15) is 5.69 Å². The van der Waals surface area contributed by atoms with Gasteiger partial charge in [-0.25, -0.2) is 13.4 Å². The maximum Gasteiger partial charge on any atom is 0.183 e. The van der Waals surface area contributed by atoms with Gasteiger partial charge in [-0.15, -0.1) is 11.3 Å². The summed E-state index contributed by atoms with van der Waals surface area (Å²) in [4.78, 5) is 15.9. The molecule has 0 bridgehead atoms. The van der Waals surface area contributed by atoms with Gasteiger partial charge >= 0.3 is 0 Å². The highest BCUT2D eigenvalue weighted by molar-refractivity contribution is 7.91. The van der Waals surface area contributed by atoms with Gasteiger partial charge in [0.15, 0.2) is 15.6 Å². The number of hydrogen-bond donors (Lipinski definition) is 1. The monoisotopic (exact) mass is 290 g/mol. The fourth-order valence-corrected chi connectivity index (χ4v) is 3.04. The number of hydrogen-bond acceptors (Lipinski definition) is 6. The van der Waals surface area contributed by atoms with Crippen molar-refractivity contribution in [1.29, 1.82) is 0 Å². The molecule has 1 rings (SSSR count). The molecule has 1 aromatic heterocycles. The molecule has 0 radical (unpaired) electrons. The van der Waals surface area contributed by atoms with Crippen molar-refractivity contribution in [2.45, 2.75) is 31.9 Å². The summed E-state index contributed by atoms with van der Waals surface area (Å²) in [6, 6.07) is 0. The molecule has 0 aromatic carbocycles. The molecule has 0 saturated heterocycles. The smallest absolute Gasteiger partial charge is 0.183 e. The molecule has 7 heteroatoms. The second kappa shape index (κ2) is 6.40. The van der Waals surface area contributed by atoms with E-state index in [1.54, 1.807) is 19.2 Å². The molecule has 1 heterocycles. The highest BCUT2D eigenvalue weighted by atomic mass is 32.2. The minimum Gasteiger partial charge on any atom is -0.330 e. The van der Waals surface area contributed by atoms with E-state index in [4.69, 9.17) is 5.73 Å². The van der Waals surface area contributed by atoms with Crippen molar-refractivity contribution in [1.82, 2.24) is 4.98 Å². The van der Waals surface area contributed by atoms with Crippen LogP contribution in [0.2, 0.25) is 0 Å². The Hall–Kier alpha value is -0.790. The van der Waals surface area contributed by atoms with Crippen molar-refractivity contribution < 1.29 is 13.2 Å². The van der Waals surface area contributed by atoms with E-state index in [2.05, 4.69) is 4.98 Å². The Labute approximate surface area is 111 Å². The number of rotatable bonds is 7. The molecule has 102 valence electrons. The number of aromatic nitrogens is 1. The SMILES string of the molecule is CC(C)S(=O)(=O)CCC(=O)c1csc(CCN)n1. The van der Waals surface area contributed by atoms with Crippen LogP contribution in [0, 0.1) is 0 Å². The quantitative estimate of drug-likeness (QED) is 0.758. The average Bonchev–Trinajstić information content (AvgIpc) is 2.75. The van der Waals surface area contributed by atoms with Crippen molar-refractivity contribution in [3.05, 3.63) is 16.1 Å². The Morgan fingerprint density at radius 1 is 1.50 bits per heavy atom. The zero-order valence-corrected chi connectivity index (χ0v) is 12.2. The van der Waals surface area contributed by atoms with Crippen LogP contribution < -0.4 is 5.73 Å². The Morgan fingerprint density at radius 3 is 2.72 bits per heavy atom. The number of carbonyl (C=O) groups is 1. The highest BCUT2D eigenvalue weighted by Gasteiger charge is 2.19. The summed E-state index contributed by atoms with van der Waals surface area (Å²) in [5.74, 6) is -0.341. The van der Waals surface area contributed by atoms with Crippen LogP contribution >= 0.6 is 11.3 Å². The number of ketones is 1. The molecule has 0 saturated carbocycles. The lowest BCUT2D eigenvalue weighted by Gasteiger charge is -2.05. The van der Waals surface area contributed by atoms with Crippen LogP contribution in [-0.4, -0.2) is 36.7 Å². The fraction of sp³-hybridized carbons (Fsp3) is 0.636. The summed E-state index contributed by atoms with van der Waals surface area (Å²) in [7, 11) is -3.17. The molecule has 0 unspecified atom stereocenters. The molecule has 5 nitrogen and oxygen atoms in total. The molecule has 0 aliphatic carbocycles. The van der Waals surface area contributed by atoms with E-state index in [1.165, 1.54) is 11.3 Å². The van der Waals surface area contributed by atoms with E-state index in [9.17, 15) is 13.2 Å². The van der Waals surface area contributed by atoms with Gasteiger partial charge in [0.2, 0.25) is 0 Å². The van der Waals surface area contributed by atoms with Crippen molar-refractivity contribution in [3.8, 4) is 0 Å². The molecule has 0 aliphatic rings. The Morgan fingerprint density at radius 2 is 2.17 bits per heavy atom. The van der Waals surface area contributed by atoms with Gasteiger partial charge in [-0.1, -0.05) is 0 Å². The van der Waals surface area contributed by atoms with E-state index in [0.29, 0.717) is 18.7 Å². The Balaban J connectivity index is 2.60. The zero-order valence-electron chi connectivity index (χ0n) is 10.5. The molecule has 2 N–H and O–H groups in total. The first-order valence-electron chi connectivity index (χ1n) is 5.76. The summed E-state index contributed by atoms with van der Waals surface area (Å²) in [6.45, 7) is 3.72. The van der Waals surface area contributed by atoms with Crippen molar-refractivity contribution in [2.75, 3.05) is 12.3 Å². The van der Waals surface area contributed by atoms with E-state index in [1.807, 2.05) is 0 Å². The number of Topliss-reactive ketones (excluding diaryl/α,β-unsaturated/α-hetero) is 1.